The SMILES string of the molecule is O=C1C2ON(c3ccccc3)C(c3ccccc3O)C2C(=O)N1Cc1ccccc1. The van der Waals surface area contributed by atoms with Gasteiger partial charge in [0.25, 0.3) is 5.91 Å². The van der Waals surface area contributed by atoms with Crippen LogP contribution in [0.2, 0.25) is 0 Å². The molecule has 0 radical (unpaired) electrons. The van der Waals surface area contributed by atoms with Gasteiger partial charge in [-0.15, -0.1) is 0 Å². The van der Waals surface area contributed by atoms with Gasteiger partial charge in [-0.2, -0.15) is 0 Å². The zero-order chi connectivity index (χ0) is 20.7. The average Bonchev–Trinajstić information content (AvgIpc) is 3.27. The minimum absolute atomic E-state index is 0.0643. The standard InChI is InChI=1S/C24H20N2O4/c27-19-14-8-7-13-18(19)21-20-22(30-26(21)17-11-5-2-6-12-17)24(29)25(23(20)28)15-16-9-3-1-4-10-16/h1-14,20-22,27H,15H2. The van der Waals surface area contributed by atoms with E-state index in [0.717, 1.165) is 11.3 Å². The molecule has 3 aromatic carbocycles. The quantitative estimate of drug-likeness (QED) is 0.680. The Morgan fingerprint density at radius 2 is 1.43 bits per heavy atom. The fourth-order valence-electron chi connectivity index (χ4n) is 4.25. The van der Waals surface area contributed by atoms with Crippen molar-refractivity contribution in [1.82, 2.24) is 4.90 Å². The maximum Gasteiger partial charge on any atom is 0.262 e. The Labute approximate surface area is 173 Å². The number of benzene rings is 3. The van der Waals surface area contributed by atoms with Gasteiger partial charge in [0.1, 0.15) is 11.7 Å². The van der Waals surface area contributed by atoms with Crippen LogP contribution >= 0.6 is 0 Å². The van der Waals surface area contributed by atoms with E-state index in [4.69, 9.17) is 4.84 Å². The second-order valence-electron chi connectivity index (χ2n) is 7.47. The first-order valence-corrected chi connectivity index (χ1v) is 9.83. The van der Waals surface area contributed by atoms with Crippen LogP contribution in [0.25, 0.3) is 0 Å². The zero-order valence-electron chi connectivity index (χ0n) is 16.1. The van der Waals surface area contributed by atoms with Crippen molar-refractivity contribution in [3.8, 4) is 5.75 Å². The van der Waals surface area contributed by atoms with E-state index < -0.39 is 18.1 Å². The molecule has 2 aliphatic heterocycles. The van der Waals surface area contributed by atoms with E-state index in [2.05, 4.69) is 0 Å². The number of carbonyl (C=O) groups is 2. The van der Waals surface area contributed by atoms with Crippen molar-refractivity contribution >= 4 is 17.5 Å². The molecule has 150 valence electrons. The largest absolute Gasteiger partial charge is 0.508 e. The van der Waals surface area contributed by atoms with Gasteiger partial charge in [0.2, 0.25) is 5.91 Å². The minimum atomic E-state index is -0.925. The molecule has 3 aromatic rings. The number of para-hydroxylation sites is 2. The third-order valence-electron chi connectivity index (χ3n) is 5.66. The van der Waals surface area contributed by atoms with Crippen LogP contribution in [0.3, 0.4) is 0 Å². The van der Waals surface area contributed by atoms with E-state index in [0.29, 0.717) is 5.56 Å². The smallest absolute Gasteiger partial charge is 0.262 e. The summed E-state index contributed by atoms with van der Waals surface area (Å²) >= 11 is 0. The highest BCUT2D eigenvalue weighted by Crippen LogP contribution is 2.48. The van der Waals surface area contributed by atoms with E-state index in [9.17, 15) is 14.7 Å². The van der Waals surface area contributed by atoms with Crippen molar-refractivity contribution in [2.45, 2.75) is 18.7 Å². The second-order valence-corrected chi connectivity index (χ2v) is 7.47. The number of amides is 2. The highest BCUT2D eigenvalue weighted by atomic mass is 16.7. The molecule has 2 fully saturated rings. The Morgan fingerprint density at radius 1 is 0.800 bits per heavy atom. The molecule has 3 atom stereocenters. The van der Waals surface area contributed by atoms with E-state index >= 15 is 0 Å². The topological polar surface area (TPSA) is 70.1 Å². The number of phenolic OH excluding ortho intramolecular Hbond substituents is 1. The number of likely N-dealkylation sites (tertiary alicyclic amines) is 1. The number of rotatable bonds is 4. The van der Waals surface area contributed by atoms with Crippen LogP contribution in [0.15, 0.2) is 84.9 Å². The van der Waals surface area contributed by atoms with Crippen LogP contribution in [0, 0.1) is 5.92 Å². The number of nitrogens with zero attached hydrogens (tertiary/aromatic N) is 2. The van der Waals surface area contributed by atoms with Crippen LogP contribution < -0.4 is 5.06 Å². The van der Waals surface area contributed by atoms with Crippen molar-refractivity contribution in [3.05, 3.63) is 96.1 Å². The molecule has 2 amide bonds. The third-order valence-corrected chi connectivity index (χ3v) is 5.66. The zero-order valence-corrected chi connectivity index (χ0v) is 16.1. The molecular formula is C24H20N2O4. The molecular weight excluding hydrogens is 380 g/mol. The molecule has 2 saturated heterocycles. The van der Waals surface area contributed by atoms with Crippen molar-refractivity contribution < 1.29 is 19.5 Å². The molecule has 0 saturated carbocycles. The maximum atomic E-state index is 13.4. The molecule has 1 N–H and O–H groups in total. The lowest BCUT2D eigenvalue weighted by molar-refractivity contribution is -0.143. The summed E-state index contributed by atoms with van der Waals surface area (Å²) in [6.07, 6.45) is -0.925. The lowest BCUT2D eigenvalue weighted by Gasteiger charge is -2.29. The Bertz CT molecular complexity index is 1090. The van der Waals surface area contributed by atoms with Gasteiger partial charge in [-0.25, -0.2) is 5.06 Å². The van der Waals surface area contributed by atoms with Crippen LogP contribution in [-0.4, -0.2) is 27.9 Å². The van der Waals surface area contributed by atoms with Gasteiger partial charge in [-0.3, -0.25) is 19.3 Å². The van der Waals surface area contributed by atoms with E-state index in [1.54, 1.807) is 29.3 Å². The molecule has 6 nitrogen and oxygen atoms in total. The van der Waals surface area contributed by atoms with Gasteiger partial charge < -0.3 is 5.11 Å². The number of anilines is 1. The molecule has 2 aliphatic rings. The molecule has 6 heteroatoms. The first kappa shape index (κ1) is 18.4. The van der Waals surface area contributed by atoms with Gasteiger partial charge >= 0.3 is 0 Å². The number of hydrogen-bond acceptors (Lipinski definition) is 5. The Hall–Kier alpha value is -3.64. The molecule has 0 spiro atoms. The predicted molar refractivity (Wildman–Crippen MR) is 110 cm³/mol. The monoisotopic (exact) mass is 400 g/mol. The summed E-state index contributed by atoms with van der Waals surface area (Å²) in [5, 5.41) is 12.1. The molecule has 0 bridgehead atoms. The lowest BCUT2D eigenvalue weighted by Crippen LogP contribution is -2.36. The Morgan fingerprint density at radius 3 is 2.13 bits per heavy atom. The van der Waals surface area contributed by atoms with Crippen LogP contribution in [0.5, 0.6) is 5.75 Å². The van der Waals surface area contributed by atoms with Gasteiger partial charge in [0.15, 0.2) is 6.10 Å². The Kier molecular flexibility index (Phi) is 4.48. The summed E-state index contributed by atoms with van der Waals surface area (Å²) in [5.41, 5.74) is 2.14. The summed E-state index contributed by atoms with van der Waals surface area (Å²) in [5.74, 6) is -1.32. The normalized spacial score (nSPS) is 23.1. The first-order valence-electron chi connectivity index (χ1n) is 9.83. The number of imide groups is 1. The summed E-state index contributed by atoms with van der Waals surface area (Å²) in [6.45, 7) is 0.202. The molecule has 0 aliphatic carbocycles. The van der Waals surface area contributed by atoms with Crippen LogP contribution in [0.4, 0.5) is 5.69 Å². The van der Waals surface area contributed by atoms with Gasteiger partial charge in [0, 0.05) is 5.56 Å². The molecule has 3 unspecified atom stereocenters. The third kappa shape index (κ3) is 2.93. The van der Waals surface area contributed by atoms with Gasteiger partial charge in [0.05, 0.1) is 18.3 Å². The molecule has 2 heterocycles. The number of hydroxylamine groups is 1. The van der Waals surface area contributed by atoms with Crippen LogP contribution in [-0.2, 0) is 21.0 Å². The summed E-state index contributed by atoms with van der Waals surface area (Å²) < 4.78 is 0. The molecule has 0 aromatic heterocycles. The number of carbonyl (C=O) groups excluding carboxylic acids is 2. The first-order chi connectivity index (χ1) is 14.6. The van der Waals surface area contributed by atoms with Crippen LogP contribution in [0.1, 0.15) is 17.2 Å². The second kappa shape index (κ2) is 7.31. The van der Waals surface area contributed by atoms with Crippen molar-refractivity contribution in [1.29, 1.82) is 0 Å². The fourth-order valence-corrected chi connectivity index (χ4v) is 4.25. The van der Waals surface area contributed by atoms with E-state index in [-0.39, 0.29) is 24.1 Å². The molecule has 5 rings (SSSR count). The lowest BCUT2D eigenvalue weighted by atomic mass is 9.90. The minimum Gasteiger partial charge on any atom is -0.508 e. The van der Waals surface area contributed by atoms with Crippen molar-refractivity contribution in [2.75, 3.05) is 5.06 Å². The summed E-state index contributed by atoms with van der Waals surface area (Å²) in [4.78, 5) is 33.8. The number of hydrogen-bond donors (Lipinski definition) is 1. The van der Waals surface area contributed by atoms with Crippen molar-refractivity contribution in [2.24, 2.45) is 5.92 Å². The number of fused-ring (bicyclic) bond motifs is 1. The summed E-state index contributed by atoms with van der Waals surface area (Å²) in [7, 11) is 0. The van der Waals surface area contributed by atoms with Gasteiger partial charge in [-0.05, 0) is 23.8 Å². The maximum absolute atomic E-state index is 13.4. The van der Waals surface area contributed by atoms with E-state index in [1.165, 1.54) is 4.90 Å². The predicted octanol–water partition coefficient (Wildman–Crippen LogP) is 3.44. The number of phenols is 1. The summed E-state index contributed by atoms with van der Waals surface area (Å²) in [6, 6.07) is 25.0. The highest BCUT2D eigenvalue weighted by molar-refractivity contribution is 6.07. The highest BCUT2D eigenvalue weighted by Gasteiger charge is 2.60. The Balaban J connectivity index is 1.54. The van der Waals surface area contributed by atoms with Crippen molar-refractivity contribution in [3.63, 3.8) is 0 Å². The van der Waals surface area contributed by atoms with Gasteiger partial charge in [-0.1, -0.05) is 66.7 Å². The average molecular weight is 400 g/mol. The fraction of sp³-hybridized carbons (Fsp3) is 0.167. The van der Waals surface area contributed by atoms with E-state index in [1.807, 2.05) is 60.7 Å². The number of aromatic hydroxyl groups is 1. The molecule has 30 heavy (non-hydrogen) atoms.